The molecule has 2 heterocycles. The Bertz CT molecular complexity index is 732. The molecule has 120 valence electrons. The van der Waals surface area contributed by atoms with Crippen LogP contribution in [0.25, 0.3) is 0 Å². The highest BCUT2D eigenvalue weighted by molar-refractivity contribution is 7.15. The van der Waals surface area contributed by atoms with Crippen LogP contribution in [0.4, 0.5) is 11.4 Å². The molecule has 0 spiro atoms. The molecule has 23 heavy (non-hydrogen) atoms. The molecule has 3 rings (SSSR count). The number of thiazole rings is 1. The lowest BCUT2D eigenvalue weighted by molar-refractivity contribution is -0.141. The highest BCUT2D eigenvalue weighted by Gasteiger charge is 2.34. The van der Waals surface area contributed by atoms with Crippen molar-refractivity contribution in [1.29, 1.82) is 0 Å². The fourth-order valence-corrected chi connectivity index (χ4v) is 3.35. The molecular weight excluding hydrogens is 338 g/mol. The average Bonchev–Trinajstić information content (AvgIpc) is 3.12. The van der Waals surface area contributed by atoms with Crippen molar-refractivity contribution in [3.8, 4) is 0 Å². The molecule has 1 saturated heterocycles. The first-order valence-corrected chi connectivity index (χ1v) is 8.19. The SMILES string of the molecule is O=C(O)C1CC(=O)N(c2ccc(NCc3cnc(Cl)s3)cc2)C1. The van der Waals surface area contributed by atoms with Gasteiger partial charge in [-0.05, 0) is 24.3 Å². The second kappa shape index (κ2) is 6.55. The molecule has 1 aliphatic heterocycles. The van der Waals surface area contributed by atoms with Crippen LogP contribution in [0.2, 0.25) is 4.47 Å². The van der Waals surface area contributed by atoms with Crippen LogP contribution in [-0.2, 0) is 16.1 Å². The first-order valence-electron chi connectivity index (χ1n) is 7.00. The summed E-state index contributed by atoms with van der Waals surface area (Å²) in [6.45, 7) is 0.841. The quantitative estimate of drug-likeness (QED) is 0.865. The van der Waals surface area contributed by atoms with Gasteiger partial charge in [0.25, 0.3) is 0 Å². The normalized spacial score (nSPS) is 17.5. The monoisotopic (exact) mass is 351 g/mol. The van der Waals surface area contributed by atoms with Gasteiger partial charge in [-0.25, -0.2) is 4.98 Å². The molecule has 0 aliphatic carbocycles. The number of nitrogens with zero attached hydrogens (tertiary/aromatic N) is 2. The van der Waals surface area contributed by atoms with Gasteiger partial charge in [-0.2, -0.15) is 0 Å². The van der Waals surface area contributed by atoms with Gasteiger partial charge in [0.05, 0.1) is 12.5 Å². The van der Waals surface area contributed by atoms with E-state index in [4.69, 9.17) is 16.7 Å². The summed E-state index contributed by atoms with van der Waals surface area (Å²) >= 11 is 7.20. The van der Waals surface area contributed by atoms with E-state index in [0.717, 1.165) is 10.6 Å². The Balaban J connectivity index is 1.63. The van der Waals surface area contributed by atoms with Crippen LogP contribution in [0, 0.1) is 5.92 Å². The third kappa shape index (κ3) is 3.62. The minimum atomic E-state index is -0.928. The Labute approximate surface area is 141 Å². The summed E-state index contributed by atoms with van der Waals surface area (Å²) in [7, 11) is 0. The predicted octanol–water partition coefficient (Wildman–Crippen LogP) is 2.85. The van der Waals surface area contributed by atoms with Gasteiger partial charge in [-0.3, -0.25) is 9.59 Å². The molecule has 1 fully saturated rings. The number of anilines is 2. The highest BCUT2D eigenvalue weighted by atomic mass is 35.5. The molecule has 1 aliphatic rings. The number of rotatable bonds is 5. The molecule has 6 nitrogen and oxygen atoms in total. The highest BCUT2D eigenvalue weighted by Crippen LogP contribution is 2.27. The Morgan fingerprint density at radius 1 is 1.43 bits per heavy atom. The molecule has 2 aromatic rings. The fourth-order valence-electron chi connectivity index (χ4n) is 2.44. The van der Waals surface area contributed by atoms with Gasteiger partial charge >= 0.3 is 5.97 Å². The lowest BCUT2D eigenvalue weighted by Gasteiger charge is -2.16. The molecule has 2 N–H and O–H groups in total. The lowest BCUT2D eigenvalue weighted by atomic mass is 10.1. The Hall–Kier alpha value is -2.12. The van der Waals surface area contributed by atoms with E-state index in [1.165, 1.54) is 16.2 Å². The second-order valence-electron chi connectivity index (χ2n) is 5.22. The number of benzene rings is 1. The molecule has 1 aromatic carbocycles. The maximum atomic E-state index is 11.9. The fraction of sp³-hybridized carbons (Fsp3) is 0.267. The van der Waals surface area contributed by atoms with Gasteiger partial charge in [0, 0.05) is 35.4 Å². The summed E-state index contributed by atoms with van der Waals surface area (Å²) in [6.07, 6.45) is 1.78. The average molecular weight is 352 g/mol. The summed E-state index contributed by atoms with van der Waals surface area (Å²) in [6, 6.07) is 7.34. The van der Waals surface area contributed by atoms with E-state index in [2.05, 4.69) is 10.3 Å². The number of hydrogen-bond donors (Lipinski definition) is 2. The van der Waals surface area contributed by atoms with Crippen molar-refractivity contribution < 1.29 is 14.7 Å². The molecule has 1 aromatic heterocycles. The number of nitrogens with one attached hydrogen (secondary N) is 1. The van der Waals surface area contributed by atoms with Crippen molar-refractivity contribution in [3.05, 3.63) is 39.8 Å². The van der Waals surface area contributed by atoms with E-state index >= 15 is 0 Å². The molecule has 8 heteroatoms. The van der Waals surface area contributed by atoms with Crippen molar-refractivity contribution in [3.63, 3.8) is 0 Å². The number of amides is 1. The van der Waals surface area contributed by atoms with Crippen molar-refractivity contribution >= 4 is 46.2 Å². The van der Waals surface area contributed by atoms with Gasteiger partial charge in [0.15, 0.2) is 4.47 Å². The first-order chi connectivity index (χ1) is 11.0. The van der Waals surface area contributed by atoms with Gasteiger partial charge in [-0.1, -0.05) is 11.6 Å². The van der Waals surface area contributed by atoms with Crippen molar-refractivity contribution in [1.82, 2.24) is 4.98 Å². The largest absolute Gasteiger partial charge is 0.481 e. The zero-order valence-corrected chi connectivity index (χ0v) is 13.6. The van der Waals surface area contributed by atoms with Crippen molar-refractivity contribution in [2.24, 2.45) is 5.92 Å². The van der Waals surface area contributed by atoms with E-state index in [-0.39, 0.29) is 18.9 Å². The van der Waals surface area contributed by atoms with E-state index in [0.29, 0.717) is 16.7 Å². The zero-order chi connectivity index (χ0) is 16.4. The number of carbonyl (C=O) groups excluding carboxylic acids is 1. The number of halogens is 1. The van der Waals surface area contributed by atoms with Gasteiger partial charge < -0.3 is 15.3 Å². The molecule has 0 radical (unpaired) electrons. The van der Waals surface area contributed by atoms with Crippen LogP contribution in [0.3, 0.4) is 0 Å². The number of carbonyl (C=O) groups is 2. The smallest absolute Gasteiger partial charge is 0.308 e. The number of aliphatic carboxylic acids is 1. The number of aromatic nitrogens is 1. The standard InChI is InChI=1S/C15H14ClN3O3S/c16-15-18-7-12(23-15)6-17-10-1-3-11(4-2-10)19-8-9(14(21)22)5-13(19)20/h1-4,7,9,17H,5-6,8H2,(H,21,22). The second-order valence-corrected chi connectivity index (χ2v) is 6.92. The molecular formula is C15H14ClN3O3S. The summed E-state index contributed by atoms with van der Waals surface area (Å²) in [4.78, 5) is 29.4. The van der Waals surface area contributed by atoms with Crippen LogP contribution in [0.1, 0.15) is 11.3 Å². The zero-order valence-electron chi connectivity index (χ0n) is 12.0. The van der Waals surface area contributed by atoms with Crippen LogP contribution in [0.5, 0.6) is 0 Å². The molecule has 1 amide bonds. The summed E-state index contributed by atoms with van der Waals surface area (Å²) < 4.78 is 0.512. The van der Waals surface area contributed by atoms with E-state index < -0.39 is 11.9 Å². The molecule has 1 unspecified atom stereocenters. The number of carboxylic acid groups (broad SMARTS) is 1. The minimum Gasteiger partial charge on any atom is -0.481 e. The number of hydrogen-bond acceptors (Lipinski definition) is 5. The predicted molar refractivity (Wildman–Crippen MR) is 89.0 cm³/mol. The maximum Gasteiger partial charge on any atom is 0.308 e. The Morgan fingerprint density at radius 2 is 2.17 bits per heavy atom. The number of carboxylic acids is 1. The molecule has 0 saturated carbocycles. The van der Waals surface area contributed by atoms with E-state index in [1.807, 2.05) is 24.3 Å². The van der Waals surface area contributed by atoms with Crippen LogP contribution >= 0.6 is 22.9 Å². The third-order valence-corrected chi connectivity index (χ3v) is 4.76. The first kappa shape index (κ1) is 15.8. The molecule has 0 bridgehead atoms. The summed E-state index contributed by atoms with van der Waals surface area (Å²) in [5.74, 6) is -1.71. The van der Waals surface area contributed by atoms with Gasteiger partial charge in [0.2, 0.25) is 5.91 Å². The van der Waals surface area contributed by atoms with Crippen LogP contribution in [-0.4, -0.2) is 28.5 Å². The third-order valence-electron chi connectivity index (χ3n) is 3.65. The summed E-state index contributed by atoms with van der Waals surface area (Å²) in [5, 5.41) is 12.3. The minimum absolute atomic E-state index is 0.0570. The van der Waals surface area contributed by atoms with Gasteiger partial charge in [0.1, 0.15) is 0 Å². The van der Waals surface area contributed by atoms with Crippen LogP contribution < -0.4 is 10.2 Å². The summed E-state index contributed by atoms with van der Waals surface area (Å²) in [5.41, 5.74) is 1.62. The Morgan fingerprint density at radius 3 is 2.74 bits per heavy atom. The topological polar surface area (TPSA) is 82.5 Å². The van der Waals surface area contributed by atoms with E-state index in [1.54, 1.807) is 6.20 Å². The Kier molecular flexibility index (Phi) is 4.49. The molecule has 1 atom stereocenters. The maximum absolute atomic E-state index is 11.9. The van der Waals surface area contributed by atoms with Gasteiger partial charge in [-0.15, -0.1) is 11.3 Å². The van der Waals surface area contributed by atoms with Crippen LogP contribution in [0.15, 0.2) is 30.5 Å². The lowest BCUT2D eigenvalue weighted by Crippen LogP contribution is -2.25. The van der Waals surface area contributed by atoms with Crippen molar-refractivity contribution in [2.45, 2.75) is 13.0 Å². The van der Waals surface area contributed by atoms with E-state index in [9.17, 15) is 9.59 Å². The van der Waals surface area contributed by atoms with Crippen molar-refractivity contribution in [2.75, 3.05) is 16.8 Å².